The first-order valence-electron chi connectivity index (χ1n) is 8.76. The Labute approximate surface area is 167 Å². The first-order valence-corrected chi connectivity index (χ1v) is 11.3. The number of hydrogen-bond acceptors (Lipinski definition) is 7. The fourth-order valence-corrected chi connectivity index (χ4v) is 5.00. The molecule has 0 aliphatic carbocycles. The largest absolute Gasteiger partial charge is 0.332 e. The van der Waals surface area contributed by atoms with Crippen LogP contribution in [0.15, 0.2) is 22.7 Å². The SMILES string of the molecule is CCOP(=O)(CC1CNC(C(=O)Nc2ccc(Br)cc2C#N)CN1)OCC. The van der Waals surface area contributed by atoms with Crippen LogP contribution < -0.4 is 16.0 Å². The number of amides is 1. The predicted molar refractivity (Wildman–Crippen MR) is 107 cm³/mol. The number of rotatable bonds is 8. The van der Waals surface area contributed by atoms with Gasteiger partial charge >= 0.3 is 7.60 Å². The summed E-state index contributed by atoms with van der Waals surface area (Å²) in [6.07, 6.45) is 0.237. The first kappa shape index (κ1) is 22.0. The van der Waals surface area contributed by atoms with Crippen LogP contribution in [0, 0.1) is 11.3 Å². The van der Waals surface area contributed by atoms with Crippen molar-refractivity contribution >= 4 is 35.1 Å². The number of nitriles is 1. The van der Waals surface area contributed by atoms with Crippen molar-refractivity contribution in [3.63, 3.8) is 0 Å². The van der Waals surface area contributed by atoms with Gasteiger partial charge in [-0.25, -0.2) is 0 Å². The summed E-state index contributed by atoms with van der Waals surface area (Å²) < 4.78 is 24.0. The summed E-state index contributed by atoms with van der Waals surface area (Å²) in [7, 11) is -3.15. The maximum Gasteiger partial charge on any atom is 0.332 e. The summed E-state index contributed by atoms with van der Waals surface area (Å²) in [5.41, 5.74) is 0.848. The van der Waals surface area contributed by atoms with E-state index in [9.17, 15) is 14.6 Å². The minimum atomic E-state index is -3.15. The van der Waals surface area contributed by atoms with Crippen LogP contribution in [0.1, 0.15) is 19.4 Å². The zero-order valence-electron chi connectivity index (χ0n) is 15.3. The molecule has 1 aromatic rings. The summed E-state index contributed by atoms with van der Waals surface area (Å²) in [5, 5.41) is 18.3. The molecule has 1 amide bonds. The molecule has 2 atom stereocenters. The van der Waals surface area contributed by atoms with Crippen LogP contribution in [0.3, 0.4) is 0 Å². The number of hydrogen-bond donors (Lipinski definition) is 3. The average Bonchev–Trinajstić information content (AvgIpc) is 2.64. The molecule has 148 valence electrons. The van der Waals surface area contributed by atoms with E-state index in [1.165, 1.54) is 0 Å². The summed E-state index contributed by atoms with van der Waals surface area (Å²) in [6.45, 7) is 5.00. The first-order chi connectivity index (χ1) is 12.9. The third-order valence-corrected chi connectivity index (χ3v) is 6.68. The van der Waals surface area contributed by atoms with Crippen molar-refractivity contribution < 1.29 is 18.4 Å². The molecule has 2 rings (SSSR count). The number of nitrogens with one attached hydrogen (secondary N) is 3. The minimum absolute atomic E-state index is 0.125. The van der Waals surface area contributed by atoms with E-state index in [0.29, 0.717) is 37.6 Å². The van der Waals surface area contributed by atoms with Crippen LogP contribution >= 0.6 is 23.5 Å². The highest BCUT2D eigenvalue weighted by Gasteiger charge is 2.32. The number of carbonyl (C=O) groups excluding carboxylic acids is 1. The second kappa shape index (κ2) is 10.3. The highest BCUT2D eigenvalue weighted by atomic mass is 79.9. The highest BCUT2D eigenvalue weighted by Crippen LogP contribution is 2.48. The Bertz CT molecular complexity index is 737. The van der Waals surface area contributed by atoms with E-state index in [1.807, 2.05) is 0 Å². The van der Waals surface area contributed by atoms with Gasteiger partial charge in [0, 0.05) is 23.6 Å². The van der Waals surface area contributed by atoms with Crippen LogP contribution in [0.2, 0.25) is 0 Å². The molecule has 0 aromatic heterocycles. The average molecular weight is 459 g/mol. The Morgan fingerprint density at radius 3 is 2.59 bits per heavy atom. The molecule has 0 saturated carbocycles. The lowest BCUT2D eigenvalue weighted by atomic mass is 10.1. The number of carbonyl (C=O) groups is 1. The predicted octanol–water partition coefficient (Wildman–Crippen LogP) is 2.46. The van der Waals surface area contributed by atoms with E-state index in [2.05, 4.69) is 37.9 Å². The summed E-state index contributed by atoms with van der Waals surface area (Å²) >= 11 is 3.30. The van der Waals surface area contributed by atoms with Gasteiger partial charge in [0.05, 0.1) is 36.7 Å². The van der Waals surface area contributed by atoms with Crippen molar-refractivity contribution in [2.24, 2.45) is 0 Å². The van der Waals surface area contributed by atoms with E-state index >= 15 is 0 Å². The molecule has 1 aliphatic rings. The molecule has 0 bridgehead atoms. The molecule has 1 fully saturated rings. The van der Waals surface area contributed by atoms with Gasteiger partial charge in [-0.15, -0.1) is 0 Å². The molecule has 27 heavy (non-hydrogen) atoms. The Balaban J connectivity index is 1.91. The number of benzene rings is 1. The molecule has 2 unspecified atom stereocenters. The van der Waals surface area contributed by atoms with Crippen molar-refractivity contribution in [2.75, 3.05) is 37.8 Å². The molecular formula is C17H24BrN4O4P. The monoisotopic (exact) mass is 458 g/mol. The second-order valence-electron chi connectivity index (χ2n) is 5.99. The normalized spacial score (nSPS) is 20.1. The Morgan fingerprint density at radius 2 is 2.04 bits per heavy atom. The molecule has 3 N–H and O–H groups in total. The maximum absolute atomic E-state index is 12.6. The van der Waals surface area contributed by atoms with Crippen molar-refractivity contribution in [1.82, 2.24) is 10.6 Å². The van der Waals surface area contributed by atoms with Crippen LogP contribution in [0.5, 0.6) is 0 Å². The topological polar surface area (TPSA) is 112 Å². The molecular weight excluding hydrogens is 435 g/mol. The molecule has 1 aliphatic heterocycles. The highest BCUT2D eigenvalue weighted by molar-refractivity contribution is 9.10. The smallest absolute Gasteiger partial charge is 0.323 e. The summed E-state index contributed by atoms with van der Waals surface area (Å²) in [6, 6.07) is 6.57. The maximum atomic E-state index is 12.6. The number of halogens is 1. The quantitative estimate of drug-likeness (QED) is 0.512. The minimum Gasteiger partial charge on any atom is -0.323 e. The van der Waals surface area contributed by atoms with Crippen LogP contribution in [0.4, 0.5) is 5.69 Å². The molecule has 8 nitrogen and oxygen atoms in total. The number of piperazine rings is 1. The standard InChI is InChI=1S/C17H24BrN4O4P/c1-3-25-27(24,26-4-2)11-14-9-21-16(10-20-14)17(23)22-15-6-5-13(18)7-12(15)8-19/h5-7,14,16,20-21H,3-4,9-11H2,1-2H3,(H,22,23). The van der Waals surface area contributed by atoms with E-state index in [-0.39, 0.29) is 18.1 Å². The molecule has 1 saturated heterocycles. The molecule has 10 heteroatoms. The van der Waals surface area contributed by atoms with Crippen LogP contribution in [-0.4, -0.2) is 50.5 Å². The third kappa shape index (κ3) is 6.39. The Hall–Kier alpha value is -1.27. The van der Waals surface area contributed by atoms with E-state index in [4.69, 9.17) is 9.05 Å². The van der Waals surface area contributed by atoms with E-state index < -0.39 is 13.6 Å². The van der Waals surface area contributed by atoms with Crippen molar-refractivity contribution in [1.29, 1.82) is 5.26 Å². The van der Waals surface area contributed by atoms with Gasteiger partial charge in [0.25, 0.3) is 0 Å². The zero-order chi connectivity index (χ0) is 19.9. The molecule has 1 aromatic carbocycles. The van der Waals surface area contributed by atoms with Crippen LogP contribution in [-0.2, 0) is 18.4 Å². The van der Waals surface area contributed by atoms with Gasteiger partial charge in [0.2, 0.25) is 5.91 Å². The van der Waals surface area contributed by atoms with Crippen molar-refractivity contribution in [2.45, 2.75) is 25.9 Å². The lowest BCUT2D eigenvalue weighted by Crippen LogP contribution is -2.59. The Kier molecular flexibility index (Phi) is 8.42. The summed E-state index contributed by atoms with van der Waals surface area (Å²) in [4.78, 5) is 12.5. The molecule has 0 spiro atoms. The van der Waals surface area contributed by atoms with E-state index in [0.717, 1.165) is 4.47 Å². The zero-order valence-corrected chi connectivity index (χ0v) is 17.8. The van der Waals surface area contributed by atoms with Gasteiger partial charge in [-0.05, 0) is 32.0 Å². The number of anilines is 1. The van der Waals surface area contributed by atoms with Gasteiger partial charge in [-0.3, -0.25) is 9.36 Å². The lowest BCUT2D eigenvalue weighted by molar-refractivity contribution is -0.118. The number of nitrogens with zero attached hydrogens (tertiary/aromatic N) is 1. The van der Waals surface area contributed by atoms with Crippen molar-refractivity contribution in [3.8, 4) is 6.07 Å². The molecule has 1 heterocycles. The van der Waals surface area contributed by atoms with E-state index in [1.54, 1.807) is 32.0 Å². The molecule has 0 radical (unpaired) electrons. The van der Waals surface area contributed by atoms with Gasteiger partial charge in [-0.1, -0.05) is 15.9 Å². The third-order valence-electron chi connectivity index (χ3n) is 3.99. The van der Waals surface area contributed by atoms with Gasteiger partial charge in [0.15, 0.2) is 0 Å². The summed E-state index contributed by atoms with van der Waals surface area (Å²) in [5.74, 6) is -0.238. The van der Waals surface area contributed by atoms with Crippen LogP contribution in [0.25, 0.3) is 0 Å². The second-order valence-corrected chi connectivity index (χ2v) is 9.01. The van der Waals surface area contributed by atoms with Crippen molar-refractivity contribution in [3.05, 3.63) is 28.2 Å². The van der Waals surface area contributed by atoms with Gasteiger partial charge < -0.3 is 25.0 Å². The Morgan fingerprint density at radius 1 is 1.33 bits per heavy atom. The van der Waals surface area contributed by atoms with Gasteiger partial charge in [0.1, 0.15) is 6.07 Å². The fraction of sp³-hybridized carbons (Fsp3) is 0.529. The van der Waals surface area contributed by atoms with Gasteiger partial charge in [-0.2, -0.15) is 5.26 Å². The fourth-order valence-electron chi connectivity index (χ4n) is 2.77. The lowest BCUT2D eigenvalue weighted by Gasteiger charge is -2.32.